The van der Waals surface area contributed by atoms with Gasteiger partial charge in [-0.25, -0.2) is 4.79 Å². The van der Waals surface area contributed by atoms with Gasteiger partial charge in [0, 0.05) is 11.1 Å². The number of amides is 3. The van der Waals surface area contributed by atoms with Crippen molar-refractivity contribution in [2.45, 2.75) is 104 Å². The van der Waals surface area contributed by atoms with Gasteiger partial charge >= 0.3 is 6.09 Å². The molecule has 1 aromatic rings. The van der Waals surface area contributed by atoms with Gasteiger partial charge in [0.25, 0.3) is 0 Å². The number of phenolic OH excluding ortho intramolecular Hbond substituents is 1. The van der Waals surface area contributed by atoms with E-state index >= 15 is 0 Å². The van der Waals surface area contributed by atoms with E-state index in [1.807, 2.05) is 47.8 Å². The van der Waals surface area contributed by atoms with Crippen LogP contribution in [0.4, 0.5) is 4.79 Å². The second-order valence-electron chi connectivity index (χ2n) is 11.6. The van der Waals surface area contributed by atoms with Crippen molar-refractivity contribution in [2.75, 3.05) is 12.0 Å². The number of hydrogen-bond donors (Lipinski definition) is 3. The molecule has 1 aromatic carbocycles. The summed E-state index contributed by atoms with van der Waals surface area (Å²) in [5.74, 6) is -0.144. The summed E-state index contributed by atoms with van der Waals surface area (Å²) in [7, 11) is 0. The molecule has 0 aromatic heterocycles. The predicted molar refractivity (Wildman–Crippen MR) is 146 cm³/mol. The molecule has 8 nitrogen and oxygen atoms in total. The van der Waals surface area contributed by atoms with Gasteiger partial charge in [0.2, 0.25) is 11.8 Å². The number of thioether (sulfide) groups is 1. The third-order valence-corrected chi connectivity index (χ3v) is 6.19. The van der Waals surface area contributed by atoms with Crippen LogP contribution < -0.4 is 10.6 Å². The number of aromatic hydroxyl groups is 1. The lowest BCUT2D eigenvalue weighted by Gasteiger charge is -2.45. The first-order valence-electron chi connectivity index (χ1n) is 12.3. The quantitative estimate of drug-likeness (QED) is 0.398. The molecular formula is C27H45N3O5S. The first-order chi connectivity index (χ1) is 16.4. The lowest BCUT2D eigenvalue weighted by molar-refractivity contribution is -0.150. The van der Waals surface area contributed by atoms with Gasteiger partial charge in [-0.15, -0.1) is 0 Å². The molecule has 0 saturated carbocycles. The number of rotatable bonds is 10. The van der Waals surface area contributed by atoms with Crippen molar-refractivity contribution >= 4 is 29.7 Å². The molecule has 2 atom stereocenters. The fraction of sp³-hybridized carbons (Fsp3) is 0.667. The third kappa shape index (κ3) is 9.91. The molecule has 9 heteroatoms. The molecule has 0 radical (unpaired) electrons. The van der Waals surface area contributed by atoms with E-state index in [1.54, 1.807) is 49.6 Å². The second-order valence-corrected chi connectivity index (χ2v) is 12.6. The van der Waals surface area contributed by atoms with E-state index in [0.717, 1.165) is 0 Å². The van der Waals surface area contributed by atoms with Crippen LogP contribution in [0.5, 0.6) is 5.75 Å². The number of nitrogens with one attached hydrogen (secondary N) is 2. The van der Waals surface area contributed by atoms with Crippen molar-refractivity contribution in [1.82, 2.24) is 15.5 Å². The van der Waals surface area contributed by atoms with Crippen molar-refractivity contribution in [1.29, 1.82) is 0 Å². The fourth-order valence-electron chi connectivity index (χ4n) is 3.61. The zero-order valence-electron chi connectivity index (χ0n) is 23.5. The van der Waals surface area contributed by atoms with Crippen molar-refractivity contribution in [3.8, 4) is 5.75 Å². The molecule has 0 aliphatic rings. The molecule has 3 amide bonds. The molecule has 0 spiro atoms. The smallest absolute Gasteiger partial charge is 0.408 e. The lowest BCUT2D eigenvalue weighted by atomic mass is 9.91. The minimum atomic E-state index is -1.03. The zero-order chi connectivity index (χ0) is 27.9. The highest BCUT2D eigenvalue weighted by atomic mass is 32.2. The maximum atomic E-state index is 14.2. The van der Waals surface area contributed by atoms with Crippen LogP contribution in [-0.4, -0.2) is 62.6 Å². The summed E-state index contributed by atoms with van der Waals surface area (Å²) < 4.78 is 5.42. The van der Waals surface area contributed by atoms with Gasteiger partial charge in [0.1, 0.15) is 23.4 Å². The maximum Gasteiger partial charge on any atom is 0.408 e. The van der Waals surface area contributed by atoms with Gasteiger partial charge in [-0.2, -0.15) is 11.8 Å². The minimum absolute atomic E-state index is 0.00595. The first-order valence-corrected chi connectivity index (χ1v) is 13.7. The first kappa shape index (κ1) is 31.6. The average molecular weight is 524 g/mol. The number of carbonyl (C=O) groups excluding carboxylic acids is 3. The molecule has 0 fully saturated rings. The van der Waals surface area contributed by atoms with E-state index < -0.39 is 34.9 Å². The summed E-state index contributed by atoms with van der Waals surface area (Å²) in [6.45, 7) is 16.6. The minimum Gasteiger partial charge on any atom is -0.508 e. The highest BCUT2D eigenvalue weighted by molar-refractivity contribution is 7.98. The number of ether oxygens (including phenoxy) is 1. The Morgan fingerprint density at radius 1 is 1.08 bits per heavy atom. The molecular weight excluding hydrogens is 478 g/mol. The van der Waals surface area contributed by atoms with Crippen LogP contribution in [0.1, 0.15) is 86.8 Å². The molecule has 0 bridgehead atoms. The standard InChI is InChI=1S/C27H45N3O5S/c1-11-27(8,9)30(23(33)20(15-16-36-10)28-24(34)35-26(5,6)7)21(22(32)29-25(2,3)4)18-13-12-14-19(31)17-18/h12-14,17,20-21,31H,11,15-16H2,1-10H3,(H,28,34)(H,29,32). The Labute approximate surface area is 220 Å². The number of nitrogens with zero attached hydrogens (tertiary/aromatic N) is 1. The zero-order valence-corrected chi connectivity index (χ0v) is 24.3. The van der Waals surface area contributed by atoms with Crippen LogP contribution >= 0.6 is 11.8 Å². The van der Waals surface area contributed by atoms with Gasteiger partial charge in [-0.3, -0.25) is 9.59 Å². The summed E-state index contributed by atoms with van der Waals surface area (Å²) in [4.78, 5) is 42.2. The van der Waals surface area contributed by atoms with E-state index in [0.29, 0.717) is 24.2 Å². The average Bonchev–Trinajstić information content (AvgIpc) is 2.71. The molecule has 0 heterocycles. The summed E-state index contributed by atoms with van der Waals surface area (Å²) in [6, 6.07) is 4.45. The van der Waals surface area contributed by atoms with Crippen molar-refractivity contribution in [2.24, 2.45) is 0 Å². The van der Waals surface area contributed by atoms with E-state index in [1.165, 1.54) is 12.1 Å². The molecule has 2 unspecified atom stereocenters. The maximum absolute atomic E-state index is 14.2. The molecule has 36 heavy (non-hydrogen) atoms. The lowest BCUT2D eigenvalue weighted by Crippen LogP contribution is -2.60. The molecule has 0 saturated heterocycles. The summed E-state index contributed by atoms with van der Waals surface area (Å²) in [6.07, 6.45) is 2.15. The molecule has 204 valence electrons. The Kier molecular flexibility index (Phi) is 11.2. The van der Waals surface area contributed by atoms with Crippen LogP contribution in [0.25, 0.3) is 0 Å². The van der Waals surface area contributed by atoms with Gasteiger partial charge < -0.3 is 25.4 Å². The summed E-state index contributed by atoms with van der Waals surface area (Å²) in [5.41, 5.74) is -1.55. The Balaban J connectivity index is 3.64. The molecule has 3 N–H and O–H groups in total. The third-order valence-electron chi connectivity index (χ3n) is 5.55. The monoisotopic (exact) mass is 523 g/mol. The highest BCUT2D eigenvalue weighted by Crippen LogP contribution is 2.34. The number of alkyl carbamates (subject to hydrolysis) is 1. The van der Waals surface area contributed by atoms with Crippen molar-refractivity contribution in [3.05, 3.63) is 29.8 Å². The van der Waals surface area contributed by atoms with Crippen molar-refractivity contribution in [3.63, 3.8) is 0 Å². The van der Waals surface area contributed by atoms with Gasteiger partial charge in [-0.1, -0.05) is 19.1 Å². The van der Waals surface area contributed by atoms with E-state index in [4.69, 9.17) is 4.74 Å². The Morgan fingerprint density at radius 3 is 2.17 bits per heavy atom. The van der Waals surface area contributed by atoms with Crippen molar-refractivity contribution < 1.29 is 24.2 Å². The van der Waals surface area contributed by atoms with Crippen LogP contribution in [0.3, 0.4) is 0 Å². The van der Waals surface area contributed by atoms with E-state index in [2.05, 4.69) is 10.6 Å². The normalized spacial score (nSPS) is 13.9. The molecule has 0 aliphatic heterocycles. The van der Waals surface area contributed by atoms with Crippen LogP contribution in [0.15, 0.2) is 24.3 Å². The van der Waals surface area contributed by atoms with Gasteiger partial charge in [-0.05, 0) is 97.9 Å². The van der Waals surface area contributed by atoms with Crippen LogP contribution in [0.2, 0.25) is 0 Å². The Morgan fingerprint density at radius 2 is 1.69 bits per heavy atom. The topological polar surface area (TPSA) is 108 Å². The fourth-order valence-corrected chi connectivity index (χ4v) is 4.08. The SMILES string of the molecule is CCC(C)(C)N(C(=O)C(CCSC)NC(=O)OC(C)(C)C)C(C(=O)NC(C)(C)C)c1cccc(O)c1. The Bertz CT molecular complexity index is 905. The molecule has 0 aliphatic carbocycles. The highest BCUT2D eigenvalue weighted by Gasteiger charge is 2.43. The second kappa shape index (κ2) is 12.7. The number of carbonyl (C=O) groups is 3. The molecule has 1 rings (SSSR count). The largest absolute Gasteiger partial charge is 0.508 e. The summed E-state index contributed by atoms with van der Waals surface area (Å²) in [5, 5.41) is 15.9. The predicted octanol–water partition coefficient (Wildman–Crippen LogP) is 5.01. The number of benzene rings is 1. The number of hydrogen-bond acceptors (Lipinski definition) is 6. The van der Waals surface area contributed by atoms with Crippen LogP contribution in [0, 0.1) is 0 Å². The van der Waals surface area contributed by atoms with Gasteiger partial charge in [0.05, 0.1) is 0 Å². The van der Waals surface area contributed by atoms with E-state index in [9.17, 15) is 19.5 Å². The Hall–Kier alpha value is -2.42. The van der Waals surface area contributed by atoms with Crippen LogP contribution in [-0.2, 0) is 14.3 Å². The van der Waals surface area contributed by atoms with E-state index in [-0.39, 0.29) is 17.6 Å². The van der Waals surface area contributed by atoms with Gasteiger partial charge in [0.15, 0.2) is 0 Å². The summed E-state index contributed by atoms with van der Waals surface area (Å²) >= 11 is 1.56. The number of phenols is 1.